The molecule has 22 heavy (non-hydrogen) atoms. The molecule has 0 saturated heterocycles. The molecule has 2 amide bonds. The highest BCUT2D eigenvalue weighted by Gasteiger charge is 2.18. The molecule has 0 saturated carbocycles. The van der Waals surface area contributed by atoms with Crippen LogP contribution in [0.1, 0.15) is 48.4 Å². The van der Waals surface area contributed by atoms with Crippen LogP contribution in [0.15, 0.2) is 28.8 Å². The predicted molar refractivity (Wildman–Crippen MR) is 80.3 cm³/mol. The molecule has 7 nitrogen and oxygen atoms in total. The highest BCUT2D eigenvalue weighted by atomic mass is 16.5. The minimum Gasteiger partial charge on any atom is -0.342 e. The summed E-state index contributed by atoms with van der Waals surface area (Å²) in [5, 5.41) is 9.34. The van der Waals surface area contributed by atoms with Crippen LogP contribution < -0.4 is 10.6 Å². The lowest BCUT2D eigenvalue weighted by atomic mass is 10.1. The lowest BCUT2D eigenvalue weighted by Crippen LogP contribution is -2.28. The summed E-state index contributed by atoms with van der Waals surface area (Å²) in [5.74, 6) is 0.532. The number of hydrogen-bond acceptors (Lipinski definition) is 5. The SMILES string of the molecule is CC[C@H](NC(=O)c1ccc(NC(C)=O)cc1)c1noc(C)n1. The number of nitrogens with one attached hydrogen (secondary N) is 2. The normalized spacial score (nSPS) is 11.8. The molecule has 1 atom stereocenters. The fraction of sp³-hybridized carbons (Fsp3) is 0.333. The summed E-state index contributed by atoms with van der Waals surface area (Å²) in [6.45, 7) is 5.06. The molecule has 1 heterocycles. The van der Waals surface area contributed by atoms with Crippen molar-refractivity contribution in [3.05, 3.63) is 41.5 Å². The van der Waals surface area contributed by atoms with E-state index in [0.29, 0.717) is 29.4 Å². The Hall–Kier alpha value is -2.70. The molecule has 2 N–H and O–H groups in total. The number of carbonyl (C=O) groups is 2. The van der Waals surface area contributed by atoms with E-state index in [0.717, 1.165) is 0 Å². The summed E-state index contributed by atoms with van der Waals surface area (Å²) in [6.07, 6.45) is 0.648. The predicted octanol–water partition coefficient (Wildman–Crippen LogP) is 2.22. The van der Waals surface area contributed by atoms with Crippen LogP contribution in [0.5, 0.6) is 0 Å². The second kappa shape index (κ2) is 6.84. The van der Waals surface area contributed by atoms with E-state index in [4.69, 9.17) is 4.52 Å². The van der Waals surface area contributed by atoms with Gasteiger partial charge >= 0.3 is 0 Å². The van der Waals surface area contributed by atoms with Crippen LogP contribution in [0, 0.1) is 6.92 Å². The Balaban J connectivity index is 2.05. The fourth-order valence-electron chi connectivity index (χ4n) is 1.96. The van der Waals surface area contributed by atoms with E-state index in [2.05, 4.69) is 20.8 Å². The van der Waals surface area contributed by atoms with Gasteiger partial charge in [-0.1, -0.05) is 12.1 Å². The number of carbonyl (C=O) groups excluding carboxylic acids is 2. The number of aryl methyl sites for hydroxylation is 1. The first kappa shape index (κ1) is 15.7. The van der Waals surface area contributed by atoms with Gasteiger partial charge < -0.3 is 15.2 Å². The highest BCUT2D eigenvalue weighted by molar-refractivity contribution is 5.95. The highest BCUT2D eigenvalue weighted by Crippen LogP contribution is 2.15. The van der Waals surface area contributed by atoms with E-state index < -0.39 is 0 Å². The summed E-state index contributed by atoms with van der Waals surface area (Å²) in [7, 11) is 0. The first-order valence-electron chi connectivity index (χ1n) is 6.98. The first-order chi connectivity index (χ1) is 10.5. The molecular formula is C15H18N4O3. The quantitative estimate of drug-likeness (QED) is 0.882. The number of rotatable bonds is 5. The second-order valence-electron chi connectivity index (χ2n) is 4.86. The topological polar surface area (TPSA) is 97.1 Å². The van der Waals surface area contributed by atoms with Crippen LogP contribution in [-0.2, 0) is 4.79 Å². The largest absolute Gasteiger partial charge is 0.342 e. The maximum absolute atomic E-state index is 12.2. The van der Waals surface area contributed by atoms with Crippen LogP contribution in [0.25, 0.3) is 0 Å². The zero-order valence-electron chi connectivity index (χ0n) is 12.7. The number of nitrogens with zero attached hydrogens (tertiary/aromatic N) is 2. The Morgan fingerprint density at radius 1 is 1.27 bits per heavy atom. The van der Waals surface area contributed by atoms with Crippen molar-refractivity contribution < 1.29 is 14.1 Å². The molecule has 0 spiro atoms. The summed E-state index contributed by atoms with van der Waals surface area (Å²) < 4.78 is 4.93. The Kier molecular flexibility index (Phi) is 4.88. The van der Waals surface area contributed by atoms with Crippen molar-refractivity contribution >= 4 is 17.5 Å². The summed E-state index contributed by atoms with van der Waals surface area (Å²) in [4.78, 5) is 27.3. The van der Waals surface area contributed by atoms with Crippen molar-refractivity contribution in [3.8, 4) is 0 Å². The molecule has 0 fully saturated rings. The summed E-state index contributed by atoms with van der Waals surface area (Å²) in [5.41, 5.74) is 1.14. The molecule has 0 aliphatic rings. The first-order valence-corrected chi connectivity index (χ1v) is 6.98. The standard InChI is InChI=1S/C15H18N4O3/c1-4-13(14-17-10(3)22-19-14)18-15(21)11-5-7-12(8-6-11)16-9(2)20/h5-8,13H,4H2,1-3H3,(H,16,20)(H,18,21)/t13-/m0/s1. The zero-order chi connectivity index (χ0) is 16.1. The van der Waals surface area contributed by atoms with Gasteiger partial charge in [-0.2, -0.15) is 4.98 Å². The van der Waals surface area contributed by atoms with Crippen molar-refractivity contribution in [1.29, 1.82) is 0 Å². The smallest absolute Gasteiger partial charge is 0.251 e. The number of hydrogen-bond donors (Lipinski definition) is 2. The summed E-state index contributed by atoms with van der Waals surface area (Å²) >= 11 is 0. The number of amides is 2. The minimum absolute atomic E-state index is 0.157. The summed E-state index contributed by atoms with van der Waals surface area (Å²) in [6, 6.07) is 6.34. The second-order valence-corrected chi connectivity index (χ2v) is 4.86. The fourth-order valence-corrected chi connectivity index (χ4v) is 1.96. The van der Waals surface area contributed by atoms with E-state index in [1.165, 1.54) is 6.92 Å². The van der Waals surface area contributed by atoms with E-state index >= 15 is 0 Å². The van der Waals surface area contributed by atoms with Crippen LogP contribution in [0.2, 0.25) is 0 Å². The third-order valence-corrected chi connectivity index (χ3v) is 3.04. The van der Waals surface area contributed by atoms with E-state index in [-0.39, 0.29) is 17.9 Å². The number of benzene rings is 1. The van der Waals surface area contributed by atoms with Gasteiger partial charge in [-0.15, -0.1) is 0 Å². The van der Waals surface area contributed by atoms with Gasteiger partial charge in [0.05, 0.1) is 6.04 Å². The monoisotopic (exact) mass is 302 g/mol. The van der Waals surface area contributed by atoms with E-state index in [1.807, 2.05) is 6.92 Å². The van der Waals surface area contributed by atoms with Gasteiger partial charge in [0.15, 0.2) is 5.82 Å². The van der Waals surface area contributed by atoms with Gasteiger partial charge in [0.25, 0.3) is 5.91 Å². The van der Waals surface area contributed by atoms with E-state index in [1.54, 1.807) is 31.2 Å². The molecule has 0 aliphatic carbocycles. The molecule has 1 aromatic heterocycles. The lowest BCUT2D eigenvalue weighted by molar-refractivity contribution is -0.114. The average molecular weight is 302 g/mol. The van der Waals surface area contributed by atoms with Crippen molar-refractivity contribution in [2.75, 3.05) is 5.32 Å². The average Bonchev–Trinajstić information content (AvgIpc) is 2.91. The van der Waals surface area contributed by atoms with Gasteiger partial charge in [-0.05, 0) is 30.7 Å². The molecule has 7 heteroatoms. The third kappa shape index (κ3) is 3.91. The lowest BCUT2D eigenvalue weighted by Gasteiger charge is -2.13. The Morgan fingerprint density at radius 3 is 2.45 bits per heavy atom. The molecular weight excluding hydrogens is 284 g/mol. The minimum atomic E-state index is -0.306. The molecule has 0 radical (unpaired) electrons. The number of anilines is 1. The molecule has 2 aromatic rings. The van der Waals surface area contributed by atoms with Crippen LogP contribution in [0.3, 0.4) is 0 Å². The van der Waals surface area contributed by atoms with Gasteiger partial charge in [-0.25, -0.2) is 0 Å². The molecule has 2 rings (SSSR count). The zero-order valence-corrected chi connectivity index (χ0v) is 12.7. The van der Waals surface area contributed by atoms with Gasteiger partial charge in [0.2, 0.25) is 11.8 Å². The molecule has 0 aliphatic heterocycles. The van der Waals surface area contributed by atoms with Crippen LogP contribution >= 0.6 is 0 Å². The van der Waals surface area contributed by atoms with Crippen molar-refractivity contribution in [2.45, 2.75) is 33.2 Å². The van der Waals surface area contributed by atoms with Crippen LogP contribution in [0.4, 0.5) is 5.69 Å². The van der Waals surface area contributed by atoms with Crippen molar-refractivity contribution in [1.82, 2.24) is 15.5 Å². The molecule has 0 bridgehead atoms. The van der Waals surface area contributed by atoms with Crippen LogP contribution in [-0.4, -0.2) is 22.0 Å². The third-order valence-electron chi connectivity index (χ3n) is 3.04. The molecule has 1 aromatic carbocycles. The van der Waals surface area contributed by atoms with Crippen molar-refractivity contribution in [3.63, 3.8) is 0 Å². The Morgan fingerprint density at radius 2 is 1.95 bits per heavy atom. The molecule has 116 valence electrons. The molecule has 0 unspecified atom stereocenters. The van der Waals surface area contributed by atoms with Gasteiger partial charge in [0, 0.05) is 25.1 Å². The van der Waals surface area contributed by atoms with Gasteiger partial charge in [-0.3, -0.25) is 9.59 Å². The maximum Gasteiger partial charge on any atom is 0.251 e. The maximum atomic E-state index is 12.2. The van der Waals surface area contributed by atoms with Crippen molar-refractivity contribution in [2.24, 2.45) is 0 Å². The van der Waals surface area contributed by atoms with E-state index in [9.17, 15) is 9.59 Å². The Bertz CT molecular complexity index is 664. The number of aromatic nitrogens is 2. The Labute approximate surface area is 128 Å². The van der Waals surface area contributed by atoms with Gasteiger partial charge in [0.1, 0.15) is 0 Å².